The van der Waals surface area contributed by atoms with Crippen LogP contribution in [0, 0.1) is 17.3 Å². The smallest absolute Gasteiger partial charge is 0.456 e. The van der Waals surface area contributed by atoms with Crippen molar-refractivity contribution in [1.29, 1.82) is 0 Å². The third kappa shape index (κ3) is 8.63. The van der Waals surface area contributed by atoms with Gasteiger partial charge in [-0.25, -0.2) is 4.79 Å². The summed E-state index contributed by atoms with van der Waals surface area (Å²) >= 11 is 0. The van der Waals surface area contributed by atoms with Gasteiger partial charge in [0.1, 0.15) is 11.5 Å². The Labute approximate surface area is 184 Å². The van der Waals surface area contributed by atoms with Crippen molar-refractivity contribution < 1.29 is 45.8 Å². The van der Waals surface area contributed by atoms with E-state index >= 15 is 0 Å². The first-order valence-corrected chi connectivity index (χ1v) is 10.1. The molecule has 0 fully saturated rings. The molecule has 1 unspecified atom stereocenters. The Kier molecular flexibility index (Phi) is 9.47. The molecule has 32 heavy (non-hydrogen) atoms. The molecule has 1 rings (SSSR count). The summed E-state index contributed by atoms with van der Waals surface area (Å²) in [6, 6.07) is 5.55. The van der Waals surface area contributed by atoms with Crippen LogP contribution in [0.25, 0.3) is 0 Å². The molecule has 0 amide bonds. The number of alkyl halides is 5. The van der Waals surface area contributed by atoms with Crippen LogP contribution in [0.5, 0.6) is 11.5 Å². The van der Waals surface area contributed by atoms with Crippen molar-refractivity contribution in [3.05, 3.63) is 24.3 Å². The van der Waals surface area contributed by atoms with Gasteiger partial charge in [0.15, 0.2) is 13.2 Å². The number of halogens is 5. The van der Waals surface area contributed by atoms with E-state index in [1.165, 1.54) is 24.3 Å². The fraction of sp³-hybridized carbons (Fsp3) is 0.636. The molecule has 0 saturated heterocycles. The molecule has 0 radical (unpaired) electrons. The Bertz CT molecular complexity index is 757. The number of esters is 2. The van der Waals surface area contributed by atoms with E-state index in [1.807, 2.05) is 13.8 Å². The summed E-state index contributed by atoms with van der Waals surface area (Å²) < 4.78 is 76.0. The van der Waals surface area contributed by atoms with E-state index in [9.17, 15) is 31.5 Å². The molecule has 0 aliphatic heterocycles. The highest BCUT2D eigenvalue weighted by atomic mass is 19.4. The van der Waals surface area contributed by atoms with E-state index in [0.29, 0.717) is 6.42 Å². The van der Waals surface area contributed by atoms with Gasteiger partial charge >= 0.3 is 24.0 Å². The van der Waals surface area contributed by atoms with Crippen molar-refractivity contribution >= 4 is 11.9 Å². The Morgan fingerprint density at radius 2 is 1.50 bits per heavy atom. The predicted octanol–water partition coefficient (Wildman–Crippen LogP) is 5.81. The quantitative estimate of drug-likeness (QED) is 0.233. The van der Waals surface area contributed by atoms with Gasteiger partial charge in [-0.15, -0.1) is 0 Å². The van der Waals surface area contributed by atoms with E-state index < -0.39 is 31.3 Å². The van der Waals surface area contributed by atoms with Gasteiger partial charge in [0.25, 0.3) is 0 Å². The topological polar surface area (TPSA) is 61.8 Å². The first-order valence-electron chi connectivity index (χ1n) is 10.1. The second kappa shape index (κ2) is 11.0. The number of rotatable bonds is 11. The highest BCUT2D eigenvalue weighted by molar-refractivity contribution is 5.75. The lowest BCUT2D eigenvalue weighted by Crippen LogP contribution is -2.41. The molecular formula is C22H29F5O5. The molecule has 5 nitrogen and oxygen atoms in total. The van der Waals surface area contributed by atoms with E-state index in [1.54, 1.807) is 0 Å². The number of hydrogen-bond acceptors (Lipinski definition) is 5. The molecule has 0 saturated carbocycles. The third-order valence-electron chi connectivity index (χ3n) is 5.07. The van der Waals surface area contributed by atoms with Crippen LogP contribution in [-0.2, 0) is 14.3 Å². The van der Waals surface area contributed by atoms with Gasteiger partial charge in [0.2, 0.25) is 0 Å². The zero-order chi connectivity index (χ0) is 24.7. The molecule has 0 spiro atoms. The minimum absolute atomic E-state index is 0.0235. The molecule has 0 heterocycles. The van der Waals surface area contributed by atoms with E-state index in [0.717, 1.165) is 6.42 Å². The summed E-state index contributed by atoms with van der Waals surface area (Å²) in [4.78, 5) is 24.0. The largest absolute Gasteiger partial charge is 0.482 e. The van der Waals surface area contributed by atoms with Crippen LogP contribution >= 0.6 is 0 Å². The maximum atomic E-state index is 12.7. The average Bonchev–Trinajstić information content (AvgIpc) is 2.69. The maximum Gasteiger partial charge on any atom is 0.456 e. The second-order valence-corrected chi connectivity index (χ2v) is 8.62. The lowest BCUT2D eigenvalue weighted by Gasteiger charge is -2.29. The monoisotopic (exact) mass is 468 g/mol. The van der Waals surface area contributed by atoms with Gasteiger partial charge in [-0.2, -0.15) is 22.0 Å². The minimum atomic E-state index is -5.82. The molecule has 0 aromatic heterocycles. The summed E-state index contributed by atoms with van der Waals surface area (Å²) in [5.74, 6) is -6.77. The van der Waals surface area contributed by atoms with Crippen LogP contribution in [0.4, 0.5) is 22.0 Å². The second-order valence-electron chi connectivity index (χ2n) is 8.62. The van der Waals surface area contributed by atoms with Gasteiger partial charge < -0.3 is 14.2 Å². The number of carbonyl (C=O) groups excluding carboxylic acids is 2. The Balaban J connectivity index is 2.60. The Morgan fingerprint density at radius 1 is 0.969 bits per heavy atom. The van der Waals surface area contributed by atoms with Crippen LogP contribution < -0.4 is 9.47 Å². The standard InChI is InChI=1S/C22H29F5O5/c1-6-20(4,5)11-17(14(2)3)19(29)32-16-9-7-15(8-10-16)30-12-18(28)31-13-21(23,24)22(25,26)27/h7-10,14,17H,6,11-13H2,1-5H3. The molecule has 0 N–H and O–H groups in total. The van der Waals surface area contributed by atoms with E-state index in [-0.39, 0.29) is 34.7 Å². The normalized spacial score (nSPS) is 13.6. The van der Waals surface area contributed by atoms with Crippen LogP contribution in [0.1, 0.15) is 47.5 Å². The van der Waals surface area contributed by atoms with Gasteiger partial charge in [0, 0.05) is 0 Å². The Morgan fingerprint density at radius 3 is 1.97 bits per heavy atom. The Hall–Kier alpha value is -2.39. The van der Waals surface area contributed by atoms with Crippen LogP contribution in [-0.4, -0.2) is 37.3 Å². The minimum Gasteiger partial charge on any atom is -0.482 e. The summed E-state index contributed by atoms with van der Waals surface area (Å²) in [5.41, 5.74) is -0.0235. The number of hydrogen-bond donors (Lipinski definition) is 0. The van der Waals surface area contributed by atoms with Crippen LogP contribution in [0.3, 0.4) is 0 Å². The molecule has 0 bridgehead atoms. The lowest BCUT2D eigenvalue weighted by atomic mass is 9.77. The lowest BCUT2D eigenvalue weighted by molar-refractivity contribution is -0.294. The molecule has 1 atom stereocenters. The molecule has 10 heteroatoms. The summed E-state index contributed by atoms with van der Waals surface area (Å²) in [7, 11) is 0. The van der Waals surface area contributed by atoms with Crippen molar-refractivity contribution in [2.45, 2.75) is 59.6 Å². The van der Waals surface area contributed by atoms with E-state index in [2.05, 4.69) is 25.5 Å². The average molecular weight is 468 g/mol. The van der Waals surface area contributed by atoms with Gasteiger partial charge in [-0.1, -0.05) is 41.0 Å². The highest BCUT2D eigenvalue weighted by Gasteiger charge is 2.58. The zero-order valence-electron chi connectivity index (χ0n) is 18.7. The molecule has 1 aromatic carbocycles. The van der Waals surface area contributed by atoms with Crippen molar-refractivity contribution in [2.75, 3.05) is 13.2 Å². The molecule has 1 aromatic rings. The van der Waals surface area contributed by atoms with Crippen molar-refractivity contribution in [1.82, 2.24) is 0 Å². The number of benzene rings is 1. The molecule has 0 aliphatic rings. The van der Waals surface area contributed by atoms with Crippen LogP contribution in [0.15, 0.2) is 24.3 Å². The van der Waals surface area contributed by atoms with Crippen molar-refractivity contribution in [2.24, 2.45) is 17.3 Å². The molecule has 182 valence electrons. The van der Waals surface area contributed by atoms with Crippen molar-refractivity contribution in [3.8, 4) is 11.5 Å². The van der Waals surface area contributed by atoms with Gasteiger partial charge in [-0.3, -0.25) is 4.79 Å². The SMILES string of the molecule is CCC(C)(C)CC(C(=O)Oc1ccc(OCC(=O)OCC(F)(F)C(F)(F)F)cc1)C(C)C. The van der Waals surface area contributed by atoms with Gasteiger partial charge in [0.05, 0.1) is 5.92 Å². The highest BCUT2D eigenvalue weighted by Crippen LogP contribution is 2.35. The van der Waals surface area contributed by atoms with E-state index in [4.69, 9.17) is 9.47 Å². The fourth-order valence-corrected chi connectivity index (χ4v) is 2.56. The summed E-state index contributed by atoms with van der Waals surface area (Å²) in [6.07, 6.45) is -4.25. The summed E-state index contributed by atoms with van der Waals surface area (Å²) in [5, 5.41) is 0. The van der Waals surface area contributed by atoms with Gasteiger partial charge in [-0.05, 0) is 42.0 Å². The summed E-state index contributed by atoms with van der Waals surface area (Å²) in [6.45, 7) is 7.11. The number of carbonyl (C=O) groups is 2. The first-order chi connectivity index (χ1) is 14.6. The first kappa shape index (κ1) is 27.6. The zero-order valence-corrected chi connectivity index (χ0v) is 18.7. The van der Waals surface area contributed by atoms with Crippen molar-refractivity contribution in [3.63, 3.8) is 0 Å². The number of ether oxygens (including phenoxy) is 3. The predicted molar refractivity (Wildman–Crippen MR) is 107 cm³/mol. The molecule has 0 aliphatic carbocycles. The molecular weight excluding hydrogens is 439 g/mol. The fourth-order valence-electron chi connectivity index (χ4n) is 2.56. The van der Waals surface area contributed by atoms with Crippen LogP contribution in [0.2, 0.25) is 0 Å². The third-order valence-corrected chi connectivity index (χ3v) is 5.07. The maximum absolute atomic E-state index is 12.7.